The molecule has 6 heterocycles. The average Bonchev–Trinajstić information content (AvgIpc) is 3.60. The van der Waals surface area contributed by atoms with Gasteiger partial charge in [-0.3, -0.25) is 15.1 Å². The number of rotatable bonds is 6. The summed E-state index contributed by atoms with van der Waals surface area (Å²) in [4.78, 5) is 21.3. The van der Waals surface area contributed by atoms with Gasteiger partial charge in [-0.25, -0.2) is 14.4 Å². The van der Waals surface area contributed by atoms with E-state index in [0.717, 1.165) is 16.9 Å². The minimum Gasteiger partial charge on any atom is -0.374 e. The standard InChI is InChI=1S/C27H24F2N8OS/c1-27(2,3)9-19(38)33-14-8-13(10-30-11-14)22-21(29)20-16(12-32-22)36-37-24(20)26-34-23-15(6-7-31-25(23)35-26)17-4-5-18(28)39-17/h4-8,10-12,19,33,38H,9H2,1-3H3,(H,36,37)(H,31,34,35). The molecule has 6 aromatic rings. The van der Waals surface area contributed by atoms with Gasteiger partial charge in [0.2, 0.25) is 0 Å². The molecule has 6 rings (SSSR count). The van der Waals surface area contributed by atoms with Crippen molar-refractivity contribution < 1.29 is 13.9 Å². The van der Waals surface area contributed by atoms with E-state index in [0.29, 0.717) is 45.1 Å². The van der Waals surface area contributed by atoms with Crippen LogP contribution < -0.4 is 5.32 Å². The molecule has 1 atom stereocenters. The predicted molar refractivity (Wildman–Crippen MR) is 147 cm³/mol. The molecule has 0 bridgehead atoms. The first kappa shape index (κ1) is 25.0. The quantitative estimate of drug-likeness (QED) is 0.185. The van der Waals surface area contributed by atoms with Crippen LogP contribution in [0.15, 0.2) is 49.1 Å². The van der Waals surface area contributed by atoms with Gasteiger partial charge in [0.15, 0.2) is 22.4 Å². The number of fused-ring (bicyclic) bond motifs is 2. The fourth-order valence-corrected chi connectivity index (χ4v) is 5.27. The number of imidazole rings is 1. The van der Waals surface area contributed by atoms with E-state index in [-0.39, 0.29) is 27.3 Å². The summed E-state index contributed by atoms with van der Waals surface area (Å²) >= 11 is 1.02. The molecule has 1 unspecified atom stereocenters. The smallest absolute Gasteiger partial charge is 0.178 e. The van der Waals surface area contributed by atoms with Crippen LogP contribution in [-0.4, -0.2) is 46.5 Å². The van der Waals surface area contributed by atoms with Crippen LogP contribution in [0.5, 0.6) is 0 Å². The number of nitrogens with zero attached hydrogens (tertiary/aromatic N) is 5. The number of H-pyrrole nitrogens is 2. The summed E-state index contributed by atoms with van der Waals surface area (Å²) < 4.78 is 29.7. The Hall–Kier alpha value is -4.29. The molecule has 4 N–H and O–H groups in total. The number of aliphatic hydroxyl groups excluding tert-OH is 1. The molecular formula is C27H24F2N8OS. The SMILES string of the molecule is CC(C)(C)CC(O)Nc1cncc(-c2ncc3[nH]nc(-c4nc5nccc(-c6ccc(F)s6)c5[nH]4)c3c2F)c1. The van der Waals surface area contributed by atoms with Crippen LogP contribution >= 0.6 is 11.3 Å². The molecule has 0 radical (unpaired) electrons. The van der Waals surface area contributed by atoms with E-state index in [2.05, 4.69) is 40.4 Å². The summed E-state index contributed by atoms with van der Waals surface area (Å²) in [6.45, 7) is 6.10. The molecular weight excluding hydrogens is 522 g/mol. The van der Waals surface area contributed by atoms with Crippen LogP contribution in [-0.2, 0) is 0 Å². The lowest BCUT2D eigenvalue weighted by Crippen LogP contribution is -2.25. The van der Waals surface area contributed by atoms with E-state index >= 15 is 4.39 Å². The molecule has 0 aromatic carbocycles. The minimum absolute atomic E-state index is 0.0793. The second-order valence-corrected chi connectivity index (χ2v) is 11.4. The van der Waals surface area contributed by atoms with Gasteiger partial charge in [0.05, 0.1) is 34.5 Å². The van der Waals surface area contributed by atoms with E-state index < -0.39 is 12.0 Å². The van der Waals surface area contributed by atoms with Crippen molar-refractivity contribution in [2.75, 3.05) is 5.32 Å². The Balaban J connectivity index is 1.40. The minimum atomic E-state index is -0.792. The van der Waals surface area contributed by atoms with Crippen molar-refractivity contribution >= 4 is 39.1 Å². The van der Waals surface area contributed by atoms with Crippen LogP contribution in [0.3, 0.4) is 0 Å². The van der Waals surface area contributed by atoms with Crippen molar-refractivity contribution in [1.29, 1.82) is 0 Å². The van der Waals surface area contributed by atoms with Crippen molar-refractivity contribution in [3.8, 4) is 33.2 Å². The highest BCUT2D eigenvalue weighted by molar-refractivity contribution is 7.14. The van der Waals surface area contributed by atoms with Gasteiger partial charge in [-0.15, -0.1) is 11.3 Å². The number of thiophene rings is 1. The van der Waals surface area contributed by atoms with Crippen molar-refractivity contribution in [2.45, 2.75) is 33.4 Å². The zero-order valence-corrected chi connectivity index (χ0v) is 22.1. The Morgan fingerprint density at radius 1 is 1.08 bits per heavy atom. The molecule has 0 aliphatic rings. The van der Waals surface area contributed by atoms with Crippen molar-refractivity contribution in [3.05, 3.63) is 60.0 Å². The molecule has 198 valence electrons. The molecule has 12 heteroatoms. The first-order valence-electron chi connectivity index (χ1n) is 12.2. The lowest BCUT2D eigenvalue weighted by atomic mass is 9.91. The van der Waals surface area contributed by atoms with E-state index in [4.69, 9.17) is 0 Å². The van der Waals surface area contributed by atoms with Gasteiger partial charge in [-0.05, 0) is 36.1 Å². The Morgan fingerprint density at radius 2 is 1.92 bits per heavy atom. The Labute approximate surface area is 225 Å². The molecule has 0 spiro atoms. The summed E-state index contributed by atoms with van der Waals surface area (Å²) in [6.07, 6.45) is 5.89. The third-order valence-electron chi connectivity index (χ3n) is 6.15. The highest BCUT2D eigenvalue weighted by atomic mass is 32.1. The fraction of sp³-hybridized carbons (Fsp3) is 0.222. The van der Waals surface area contributed by atoms with Crippen LogP contribution in [0, 0.1) is 16.4 Å². The summed E-state index contributed by atoms with van der Waals surface area (Å²) in [6, 6.07) is 6.55. The monoisotopic (exact) mass is 546 g/mol. The second kappa shape index (κ2) is 9.47. The molecule has 9 nitrogen and oxygen atoms in total. The van der Waals surface area contributed by atoms with Crippen LogP contribution in [0.25, 0.3) is 55.3 Å². The van der Waals surface area contributed by atoms with E-state index in [1.165, 1.54) is 18.5 Å². The normalized spacial score (nSPS) is 12.9. The number of pyridine rings is 3. The molecule has 6 aromatic heterocycles. The van der Waals surface area contributed by atoms with Crippen LogP contribution in [0.1, 0.15) is 27.2 Å². The van der Waals surface area contributed by atoms with Gasteiger partial charge in [0.25, 0.3) is 0 Å². The highest BCUT2D eigenvalue weighted by Gasteiger charge is 2.22. The maximum atomic E-state index is 16.0. The second-order valence-electron chi connectivity index (χ2n) is 10.4. The number of nitrogens with one attached hydrogen (secondary N) is 3. The van der Waals surface area contributed by atoms with Crippen molar-refractivity contribution in [1.82, 2.24) is 35.1 Å². The summed E-state index contributed by atoms with van der Waals surface area (Å²) in [5.74, 6) is -0.289. The number of hydrogen-bond donors (Lipinski definition) is 4. The molecule has 0 amide bonds. The van der Waals surface area contributed by atoms with Gasteiger partial charge < -0.3 is 15.4 Å². The predicted octanol–water partition coefficient (Wildman–Crippen LogP) is 6.13. The number of aliphatic hydroxyl groups is 1. The van der Waals surface area contributed by atoms with E-state index in [1.54, 1.807) is 30.6 Å². The first-order valence-corrected chi connectivity index (χ1v) is 13.0. The van der Waals surface area contributed by atoms with Gasteiger partial charge in [0, 0.05) is 28.4 Å². The Kier molecular flexibility index (Phi) is 6.07. The van der Waals surface area contributed by atoms with Gasteiger partial charge in [-0.1, -0.05) is 20.8 Å². The van der Waals surface area contributed by atoms with Gasteiger partial charge in [0.1, 0.15) is 17.6 Å². The molecule has 0 saturated heterocycles. The first-order chi connectivity index (χ1) is 18.7. The number of aromatic nitrogens is 7. The summed E-state index contributed by atoms with van der Waals surface area (Å²) in [7, 11) is 0. The maximum absolute atomic E-state index is 16.0. The van der Waals surface area contributed by atoms with Crippen molar-refractivity contribution in [3.63, 3.8) is 0 Å². The number of aromatic amines is 2. The molecule has 0 aliphatic heterocycles. The largest absolute Gasteiger partial charge is 0.374 e. The number of anilines is 1. The number of hydrogen-bond acceptors (Lipinski definition) is 8. The topological polar surface area (TPSA) is 128 Å². The third kappa shape index (κ3) is 4.84. The van der Waals surface area contributed by atoms with Gasteiger partial charge >= 0.3 is 0 Å². The molecule has 0 saturated carbocycles. The fourth-order valence-electron chi connectivity index (χ4n) is 4.51. The zero-order valence-electron chi connectivity index (χ0n) is 21.3. The average molecular weight is 547 g/mol. The van der Waals surface area contributed by atoms with Crippen LogP contribution in [0.2, 0.25) is 0 Å². The van der Waals surface area contributed by atoms with Crippen LogP contribution in [0.4, 0.5) is 14.5 Å². The molecule has 0 aliphatic carbocycles. The molecule has 39 heavy (non-hydrogen) atoms. The third-order valence-corrected chi connectivity index (χ3v) is 7.06. The highest BCUT2D eigenvalue weighted by Crippen LogP contribution is 2.36. The maximum Gasteiger partial charge on any atom is 0.178 e. The van der Waals surface area contributed by atoms with E-state index in [1.807, 2.05) is 20.8 Å². The van der Waals surface area contributed by atoms with Crippen molar-refractivity contribution in [2.24, 2.45) is 5.41 Å². The zero-order chi connectivity index (χ0) is 27.3. The van der Waals surface area contributed by atoms with Gasteiger partial charge in [-0.2, -0.15) is 9.49 Å². The Morgan fingerprint density at radius 3 is 2.69 bits per heavy atom. The summed E-state index contributed by atoms with van der Waals surface area (Å²) in [5, 5.41) is 20.5. The Bertz CT molecular complexity index is 1820. The number of halogens is 2. The lowest BCUT2D eigenvalue weighted by molar-refractivity contribution is 0.145. The molecule has 0 fully saturated rings. The lowest BCUT2D eigenvalue weighted by Gasteiger charge is -2.23. The summed E-state index contributed by atoms with van der Waals surface area (Å²) in [5.41, 5.74) is 3.35. The van der Waals surface area contributed by atoms with E-state index in [9.17, 15) is 9.50 Å².